The molecule has 0 spiro atoms. The monoisotopic (exact) mass is 365 g/mol. The molecule has 2 rings (SSSR count). The molecular formula is C15H19BrF3NO. The molecule has 1 saturated carbocycles. The van der Waals surface area contributed by atoms with Crippen molar-refractivity contribution in [1.82, 2.24) is 0 Å². The average molecular weight is 366 g/mol. The Morgan fingerprint density at radius 3 is 2.48 bits per heavy atom. The molecule has 0 bridgehead atoms. The zero-order valence-electron chi connectivity index (χ0n) is 11.8. The van der Waals surface area contributed by atoms with Crippen LogP contribution >= 0.6 is 15.9 Å². The fourth-order valence-electron chi connectivity index (χ4n) is 2.76. The van der Waals surface area contributed by atoms with Gasteiger partial charge in [0.2, 0.25) is 0 Å². The molecule has 1 aromatic carbocycles. The molecule has 1 fully saturated rings. The maximum absolute atomic E-state index is 12.5. The summed E-state index contributed by atoms with van der Waals surface area (Å²) in [4.78, 5) is 0. The number of halogens is 4. The van der Waals surface area contributed by atoms with E-state index in [1.54, 1.807) is 12.1 Å². The van der Waals surface area contributed by atoms with Gasteiger partial charge in [0.1, 0.15) is 0 Å². The predicted octanol–water partition coefficient (Wildman–Crippen LogP) is 5.73. The van der Waals surface area contributed by atoms with Crippen molar-refractivity contribution < 1.29 is 17.9 Å². The van der Waals surface area contributed by atoms with Crippen LogP contribution < -0.4 is 10.1 Å². The first kappa shape index (κ1) is 16.5. The SMILES string of the molecule is CCC1CCC(Nc2ccc(Br)cc2OC(F)(F)F)CC1. The highest BCUT2D eigenvalue weighted by Crippen LogP contribution is 2.35. The Balaban J connectivity index is 2.06. The van der Waals surface area contributed by atoms with Crippen LogP contribution in [-0.2, 0) is 0 Å². The van der Waals surface area contributed by atoms with Gasteiger partial charge in [-0.15, -0.1) is 13.2 Å². The predicted molar refractivity (Wildman–Crippen MR) is 80.5 cm³/mol. The molecule has 0 aliphatic heterocycles. The summed E-state index contributed by atoms with van der Waals surface area (Å²) >= 11 is 3.17. The summed E-state index contributed by atoms with van der Waals surface area (Å²) in [5.41, 5.74) is 0.399. The molecule has 6 heteroatoms. The fraction of sp³-hybridized carbons (Fsp3) is 0.600. The van der Waals surface area contributed by atoms with Crippen molar-refractivity contribution in [2.75, 3.05) is 5.32 Å². The molecule has 1 aromatic rings. The summed E-state index contributed by atoms with van der Waals surface area (Å²) < 4.78 is 42.1. The first-order valence-corrected chi connectivity index (χ1v) is 7.98. The van der Waals surface area contributed by atoms with Gasteiger partial charge in [0.25, 0.3) is 0 Å². The molecule has 2 nitrogen and oxygen atoms in total. The first-order valence-electron chi connectivity index (χ1n) is 7.19. The Bertz CT molecular complexity index is 470. The Hall–Kier alpha value is -0.910. The summed E-state index contributed by atoms with van der Waals surface area (Å²) in [6, 6.07) is 4.89. The van der Waals surface area contributed by atoms with Gasteiger partial charge in [-0.1, -0.05) is 29.3 Å². The largest absolute Gasteiger partial charge is 0.573 e. The molecule has 0 heterocycles. The number of anilines is 1. The highest BCUT2D eigenvalue weighted by atomic mass is 79.9. The molecule has 0 unspecified atom stereocenters. The van der Waals surface area contributed by atoms with Crippen molar-refractivity contribution in [1.29, 1.82) is 0 Å². The molecule has 1 aliphatic carbocycles. The van der Waals surface area contributed by atoms with Gasteiger partial charge in [0.05, 0.1) is 5.69 Å². The molecule has 21 heavy (non-hydrogen) atoms. The summed E-state index contributed by atoms with van der Waals surface area (Å²) in [5.74, 6) is 0.563. The molecule has 0 atom stereocenters. The molecule has 0 radical (unpaired) electrons. The minimum Gasteiger partial charge on any atom is -0.404 e. The minimum absolute atomic E-state index is 0.186. The third kappa shape index (κ3) is 5.09. The van der Waals surface area contributed by atoms with Gasteiger partial charge in [-0.3, -0.25) is 0 Å². The van der Waals surface area contributed by atoms with Crippen molar-refractivity contribution in [3.8, 4) is 5.75 Å². The van der Waals surface area contributed by atoms with E-state index in [-0.39, 0.29) is 11.8 Å². The van der Waals surface area contributed by atoms with Gasteiger partial charge in [0.15, 0.2) is 5.75 Å². The van der Waals surface area contributed by atoms with E-state index in [2.05, 4.69) is 32.9 Å². The van der Waals surface area contributed by atoms with Gasteiger partial charge in [0, 0.05) is 10.5 Å². The number of benzene rings is 1. The Kier molecular flexibility index (Phi) is 5.41. The highest BCUT2D eigenvalue weighted by Gasteiger charge is 2.32. The topological polar surface area (TPSA) is 21.3 Å². The summed E-state index contributed by atoms with van der Waals surface area (Å²) in [5, 5.41) is 3.20. The molecule has 118 valence electrons. The third-order valence-corrected chi connectivity index (χ3v) is 4.45. The fourth-order valence-corrected chi connectivity index (χ4v) is 3.10. The van der Waals surface area contributed by atoms with E-state index in [1.165, 1.54) is 12.5 Å². The zero-order valence-corrected chi connectivity index (χ0v) is 13.4. The van der Waals surface area contributed by atoms with Gasteiger partial charge >= 0.3 is 6.36 Å². The second kappa shape index (κ2) is 6.90. The van der Waals surface area contributed by atoms with Crippen molar-refractivity contribution >= 4 is 21.6 Å². The molecular weight excluding hydrogens is 347 g/mol. The number of rotatable bonds is 4. The van der Waals surface area contributed by atoms with Crippen LogP contribution in [0.5, 0.6) is 5.75 Å². The lowest BCUT2D eigenvalue weighted by Gasteiger charge is -2.29. The number of hydrogen-bond donors (Lipinski definition) is 1. The van der Waals surface area contributed by atoms with E-state index in [0.717, 1.165) is 31.6 Å². The second-order valence-electron chi connectivity index (χ2n) is 5.46. The Morgan fingerprint density at radius 1 is 1.24 bits per heavy atom. The average Bonchev–Trinajstić information content (AvgIpc) is 2.41. The summed E-state index contributed by atoms with van der Waals surface area (Å²) in [6.07, 6.45) is 0.713. The standard InChI is InChI=1S/C15H19BrF3NO/c1-2-10-3-6-12(7-4-10)20-13-8-5-11(16)9-14(13)21-15(17,18)19/h5,8-10,12,20H,2-4,6-7H2,1H3. The lowest BCUT2D eigenvalue weighted by molar-refractivity contribution is -0.274. The highest BCUT2D eigenvalue weighted by molar-refractivity contribution is 9.10. The van der Waals surface area contributed by atoms with Gasteiger partial charge in [-0.25, -0.2) is 0 Å². The molecule has 0 saturated heterocycles. The van der Waals surface area contributed by atoms with Crippen molar-refractivity contribution in [2.24, 2.45) is 5.92 Å². The summed E-state index contributed by atoms with van der Waals surface area (Å²) in [7, 11) is 0. The Labute approximate surface area is 131 Å². The molecule has 1 N–H and O–H groups in total. The van der Waals surface area contributed by atoms with Crippen molar-refractivity contribution in [3.05, 3.63) is 22.7 Å². The van der Waals surface area contributed by atoms with Crippen LogP contribution in [0.4, 0.5) is 18.9 Å². The molecule has 0 amide bonds. The van der Waals surface area contributed by atoms with Crippen LogP contribution in [0.1, 0.15) is 39.0 Å². The van der Waals surface area contributed by atoms with Crippen LogP contribution in [0.25, 0.3) is 0 Å². The lowest BCUT2D eigenvalue weighted by Crippen LogP contribution is -2.26. The minimum atomic E-state index is -4.68. The zero-order chi connectivity index (χ0) is 15.5. The maximum atomic E-state index is 12.5. The quantitative estimate of drug-likeness (QED) is 0.735. The Morgan fingerprint density at radius 2 is 1.90 bits per heavy atom. The van der Waals surface area contributed by atoms with E-state index in [0.29, 0.717) is 10.2 Å². The lowest BCUT2D eigenvalue weighted by atomic mass is 9.84. The van der Waals surface area contributed by atoms with Crippen LogP contribution in [0.3, 0.4) is 0 Å². The third-order valence-electron chi connectivity index (χ3n) is 3.95. The van der Waals surface area contributed by atoms with Gasteiger partial charge in [-0.2, -0.15) is 0 Å². The smallest absolute Gasteiger partial charge is 0.404 e. The van der Waals surface area contributed by atoms with E-state index in [4.69, 9.17) is 0 Å². The van der Waals surface area contributed by atoms with Crippen LogP contribution in [0.2, 0.25) is 0 Å². The van der Waals surface area contributed by atoms with E-state index >= 15 is 0 Å². The van der Waals surface area contributed by atoms with E-state index in [9.17, 15) is 13.2 Å². The van der Waals surface area contributed by atoms with Gasteiger partial charge in [-0.05, 0) is 49.8 Å². The second-order valence-corrected chi connectivity index (χ2v) is 6.37. The number of ether oxygens (including phenoxy) is 1. The normalized spacial score (nSPS) is 22.9. The van der Waals surface area contributed by atoms with Crippen molar-refractivity contribution in [2.45, 2.75) is 51.4 Å². The molecule has 1 aliphatic rings. The van der Waals surface area contributed by atoms with E-state index in [1.807, 2.05) is 0 Å². The summed E-state index contributed by atoms with van der Waals surface area (Å²) in [6.45, 7) is 2.18. The van der Waals surface area contributed by atoms with Crippen LogP contribution in [0, 0.1) is 5.92 Å². The first-order chi connectivity index (χ1) is 9.87. The number of hydrogen-bond acceptors (Lipinski definition) is 2. The van der Waals surface area contributed by atoms with Gasteiger partial charge < -0.3 is 10.1 Å². The van der Waals surface area contributed by atoms with Crippen LogP contribution in [-0.4, -0.2) is 12.4 Å². The maximum Gasteiger partial charge on any atom is 0.573 e. The number of alkyl halides is 3. The van der Waals surface area contributed by atoms with Crippen molar-refractivity contribution in [3.63, 3.8) is 0 Å². The van der Waals surface area contributed by atoms with E-state index < -0.39 is 6.36 Å². The molecule has 0 aromatic heterocycles. The number of nitrogens with one attached hydrogen (secondary N) is 1. The van der Waals surface area contributed by atoms with Crippen LogP contribution in [0.15, 0.2) is 22.7 Å².